The van der Waals surface area contributed by atoms with Gasteiger partial charge in [-0.2, -0.15) is 20.2 Å². The van der Waals surface area contributed by atoms with Crippen LogP contribution in [0.1, 0.15) is 64.3 Å². The van der Waals surface area contributed by atoms with Crippen molar-refractivity contribution in [3.8, 4) is 29.5 Å². The molecule has 2 fully saturated rings. The number of likely N-dealkylation sites (tertiary alicyclic amines) is 1. The second-order valence-corrected chi connectivity index (χ2v) is 11.3. The van der Waals surface area contributed by atoms with Crippen LogP contribution in [-0.2, 0) is 5.41 Å². The normalized spacial score (nSPS) is 22.3. The number of ether oxygens (including phenoxy) is 2. The van der Waals surface area contributed by atoms with Gasteiger partial charge >= 0.3 is 0 Å². The van der Waals surface area contributed by atoms with Gasteiger partial charge in [-0.15, -0.1) is 0 Å². The van der Waals surface area contributed by atoms with Gasteiger partial charge in [-0.3, -0.25) is 4.90 Å². The molecule has 218 valence electrons. The maximum absolute atomic E-state index is 14.6. The zero-order chi connectivity index (χ0) is 29.1. The molecule has 0 spiro atoms. The molecule has 1 aromatic carbocycles. The summed E-state index contributed by atoms with van der Waals surface area (Å²) in [6.07, 6.45) is 3.59. The summed E-state index contributed by atoms with van der Waals surface area (Å²) in [5.41, 5.74) is -1.44. The molecule has 0 amide bonds. The van der Waals surface area contributed by atoms with Crippen LogP contribution in [0.15, 0.2) is 28.8 Å². The Balaban J connectivity index is 1.45. The third-order valence-corrected chi connectivity index (χ3v) is 7.92. The second kappa shape index (κ2) is 12.0. The van der Waals surface area contributed by atoms with Gasteiger partial charge in [0.15, 0.2) is 0 Å². The summed E-state index contributed by atoms with van der Waals surface area (Å²) in [6, 6.07) is 7.81. The van der Waals surface area contributed by atoms with Crippen LogP contribution in [0.5, 0.6) is 11.8 Å². The first-order chi connectivity index (χ1) is 19.7. The molecule has 0 aliphatic carbocycles. The Hall–Kier alpha value is -3.69. The quantitative estimate of drug-likeness (QED) is 0.398. The lowest BCUT2D eigenvalue weighted by atomic mass is 9.83. The number of piperidine rings is 1. The topological polar surface area (TPSA) is 122 Å². The molecule has 4 heterocycles. The number of hydrogen-bond acceptors (Lipinski definition) is 10. The van der Waals surface area contributed by atoms with Gasteiger partial charge in [0.25, 0.3) is 0 Å². The third kappa shape index (κ3) is 6.31. The van der Waals surface area contributed by atoms with Crippen LogP contribution in [0.2, 0.25) is 0 Å². The largest absolute Gasteiger partial charge is 0.474 e. The molecule has 4 atom stereocenters. The minimum Gasteiger partial charge on any atom is -0.474 e. The predicted octanol–water partition coefficient (Wildman–Crippen LogP) is 4.41. The maximum Gasteiger partial charge on any atom is 0.240 e. The fourth-order valence-corrected chi connectivity index (χ4v) is 5.70. The van der Waals surface area contributed by atoms with Crippen molar-refractivity contribution in [3.63, 3.8) is 0 Å². The van der Waals surface area contributed by atoms with Crippen LogP contribution < -0.4 is 14.8 Å². The van der Waals surface area contributed by atoms with Gasteiger partial charge in [-0.1, -0.05) is 11.2 Å². The van der Waals surface area contributed by atoms with Gasteiger partial charge in [0.05, 0.1) is 24.0 Å². The summed E-state index contributed by atoms with van der Waals surface area (Å²) in [5.74, 6) is -0.687. The van der Waals surface area contributed by atoms with Gasteiger partial charge in [-0.25, -0.2) is 8.78 Å². The average Bonchev–Trinajstić information content (AvgIpc) is 3.59. The summed E-state index contributed by atoms with van der Waals surface area (Å²) in [5, 5.41) is 16.5. The Morgan fingerprint density at radius 1 is 1.17 bits per heavy atom. The van der Waals surface area contributed by atoms with Crippen LogP contribution in [-0.4, -0.2) is 69.4 Å². The minimum absolute atomic E-state index is 0.00698. The number of nitriles is 1. The summed E-state index contributed by atoms with van der Waals surface area (Å²) < 4.78 is 47.3. The average molecular weight is 568 g/mol. The van der Waals surface area contributed by atoms with Crippen LogP contribution >= 0.6 is 0 Å². The third-order valence-electron chi connectivity index (χ3n) is 7.92. The zero-order valence-corrected chi connectivity index (χ0v) is 23.7. The van der Waals surface area contributed by atoms with E-state index in [0.717, 1.165) is 32.4 Å². The summed E-state index contributed by atoms with van der Waals surface area (Å²) in [7, 11) is 2.08. The van der Waals surface area contributed by atoms with Crippen molar-refractivity contribution in [2.75, 3.05) is 20.1 Å². The first-order valence-electron chi connectivity index (χ1n) is 14.0. The minimum atomic E-state index is -1.26. The van der Waals surface area contributed by atoms with E-state index in [1.807, 2.05) is 6.92 Å². The van der Waals surface area contributed by atoms with Gasteiger partial charge in [0.1, 0.15) is 23.8 Å². The molecule has 1 N–H and O–H groups in total. The number of likely N-dealkylation sites (N-methyl/N-ethyl adjacent to an activating group) is 1. The van der Waals surface area contributed by atoms with Crippen molar-refractivity contribution in [1.82, 2.24) is 30.3 Å². The van der Waals surface area contributed by atoms with Crippen molar-refractivity contribution >= 4 is 0 Å². The smallest absolute Gasteiger partial charge is 0.240 e. The molecule has 0 bridgehead atoms. The molecule has 2 aliphatic heterocycles. The predicted molar refractivity (Wildman–Crippen MR) is 145 cm³/mol. The first kappa shape index (κ1) is 28.8. The number of rotatable bonds is 9. The zero-order valence-electron chi connectivity index (χ0n) is 23.7. The van der Waals surface area contributed by atoms with E-state index < -0.39 is 17.0 Å². The number of halogens is 2. The van der Waals surface area contributed by atoms with Crippen LogP contribution in [0.25, 0.3) is 11.6 Å². The van der Waals surface area contributed by atoms with Crippen molar-refractivity contribution in [1.29, 1.82) is 5.26 Å². The Morgan fingerprint density at radius 3 is 2.63 bits per heavy atom. The molecular weight excluding hydrogens is 532 g/mol. The Morgan fingerprint density at radius 2 is 1.93 bits per heavy atom. The Labute approximate surface area is 238 Å². The van der Waals surface area contributed by atoms with E-state index in [4.69, 9.17) is 19.3 Å². The van der Waals surface area contributed by atoms with Crippen molar-refractivity contribution in [3.05, 3.63) is 47.4 Å². The number of nitrogens with one attached hydrogen (secondary N) is 1. The van der Waals surface area contributed by atoms with Gasteiger partial charge in [0, 0.05) is 24.1 Å². The molecule has 0 unspecified atom stereocenters. The standard InChI is InChI=1S/C29H35F2N7O3/c1-17(22-9-6-14-38(22)4)39-23-16-24(40-19-11-13-33-18(15-19)10-12-32)35-26(34-23)27-36-28(41-37-27)29(2,3)25-20(30)7-5-8-21(25)31/h5,7-8,16-19,22,33H,6,9-11,13-15H2,1-4H3/t17-,18+,19-,22-/m0/s1. The van der Waals surface area contributed by atoms with Gasteiger partial charge in [0.2, 0.25) is 29.3 Å². The molecule has 0 saturated carbocycles. The first-order valence-corrected chi connectivity index (χ1v) is 14.0. The molecule has 12 heteroatoms. The van der Waals surface area contributed by atoms with Gasteiger partial charge in [-0.05, 0) is 72.3 Å². The molecule has 5 rings (SSSR count). The Kier molecular flexibility index (Phi) is 8.47. The van der Waals surface area contributed by atoms with E-state index >= 15 is 0 Å². The van der Waals surface area contributed by atoms with Crippen molar-refractivity contribution in [2.45, 2.75) is 82.6 Å². The molecular formula is C29H35F2N7O3. The van der Waals surface area contributed by atoms with E-state index in [9.17, 15) is 8.78 Å². The fourth-order valence-electron chi connectivity index (χ4n) is 5.70. The van der Waals surface area contributed by atoms with E-state index in [-0.39, 0.29) is 53.3 Å². The summed E-state index contributed by atoms with van der Waals surface area (Å²) in [6.45, 7) is 6.95. The maximum atomic E-state index is 14.6. The highest BCUT2D eigenvalue weighted by molar-refractivity contribution is 5.46. The monoisotopic (exact) mass is 567 g/mol. The van der Waals surface area contributed by atoms with Crippen LogP contribution in [0.4, 0.5) is 8.78 Å². The lowest BCUT2D eigenvalue weighted by Crippen LogP contribution is -2.42. The molecule has 2 aromatic heterocycles. The highest BCUT2D eigenvalue weighted by Gasteiger charge is 2.36. The SMILES string of the molecule is C[C@H](Oc1cc(O[C@H]2CCN[C@H](CC#N)C2)nc(-c2noc(C(C)(C)c3c(F)cccc3F)n2)n1)[C@@H]1CCCN1C. The highest BCUT2D eigenvalue weighted by Crippen LogP contribution is 2.35. The second-order valence-electron chi connectivity index (χ2n) is 11.3. The lowest BCUT2D eigenvalue weighted by molar-refractivity contribution is 0.113. The van der Waals surface area contributed by atoms with E-state index in [1.165, 1.54) is 18.2 Å². The molecule has 0 radical (unpaired) electrons. The fraction of sp³-hybridized carbons (Fsp3) is 0.552. The van der Waals surface area contributed by atoms with E-state index in [2.05, 4.69) is 43.4 Å². The molecule has 41 heavy (non-hydrogen) atoms. The number of nitrogens with zero attached hydrogens (tertiary/aromatic N) is 6. The van der Waals surface area contributed by atoms with Crippen molar-refractivity contribution in [2.24, 2.45) is 0 Å². The molecule has 3 aromatic rings. The Bertz CT molecular complexity index is 1390. The number of aromatic nitrogens is 4. The van der Waals surface area contributed by atoms with Crippen LogP contribution in [0.3, 0.4) is 0 Å². The highest BCUT2D eigenvalue weighted by atomic mass is 19.1. The lowest BCUT2D eigenvalue weighted by Gasteiger charge is -2.29. The number of benzene rings is 1. The molecule has 2 aliphatic rings. The van der Waals surface area contributed by atoms with E-state index in [1.54, 1.807) is 19.9 Å². The summed E-state index contributed by atoms with van der Waals surface area (Å²) >= 11 is 0. The molecule has 2 saturated heterocycles. The van der Waals surface area contributed by atoms with Crippen molar-refractivity contribution < 1.29 is 22.8 Å². The number of hydrogen-bond donors (Lipinski definition) is 1. The summed E-state index contributed by atoms with van der Waals surface area (Å²) in [4.78, 5) is 15.8. The van der Waals surface area contributed by atoms with Crippen LogP contribution in [0, 0.1) is 23.0 Å². The molecule has 10 nitrogen and oxygen atoms in total. The van der Waals surface area contributed by atoms with E-state index in [0.29, 0.717) is 18.7 Å². The van der Waals surface area contributed by atoms with Gasteiger partial charge < -0.3 is 19.3 Å².